The zero-order valence-corrected chi connectivity index (χ0v) is 27.6. The van der Waals surface area contributed by atoms with Gasteiger partial charge in [-0.05, 0) is 72.3 Å². The summed E-state index contributed by atoms with van der Waals surface area (Å²) >= 11 is 12.7. The van der Waals surface area contributed by atoms with Crippen LogP contribution in [0.5, 0.6) is 0 Å². The number of nitrogens with one attached hydrogen (secondary N) is 1. The molecule has 1 N–H and O–H groups in total. The number of halogens is 2. The van der Waals surface area contributed by atoms with E-state index in [9.17, 15) is 0 Å². The standard InChI is InChI=1S/C37H39Cl2N7/c1-43-16-20-45(21-17-43)35-6-3-7-36(42-35)46-22-18-44(19-23-46)26-27-8-10-28(11-9-27)37(29-4-2-5-30(38)24-29)41-33-14-15-40-34-25-31(39)12-13-32(33)34/h2-15,24-25,37H,16-23,26H2,1H3,(H,40,41). The van der Waals surface area contributed by atoms with E-state index in [0.717, 1.165) is 92.7 Å². The van der Waals surface area contributed by atoms with E-state index in [1.165, 1.54) is 11.1 Å². The van der Waals surface area contributed by atoms with Gasteiger partial charge in [-0.25, -0.2) is 4.98 Å². The van der Waals surface area contributed by atoms with Crippen LogP contribution in [0.1, 0.15) is 22.7 Å². The SMILES string of the molecule is CN1CCN(c2cccc(N3CCN(Cc4ccc(C(Nc5ccnc6cc(Cl)ccc56)c5cccc(Cl)c5)cc4)CC3)n2)CC1. The molecule has 1 atom stereocenters. The van der Waals surface area contributed by atoms with Crippen molar-refractivity contribution in [1.82, 2.24) is 19.8 Å². The second-order valence-electron chi connectivity index (χ2n) is 12.3. The van der Waals surface area contributed by atoms with Crippen LogP contribution in [0.25, 0.3) is 10.9 Å². The molecule has 5 aromatic rings. The fourth-order valence-corrected chi connectivity index (χ4v) is 6.82. The van der Waals surface area contributed by atoms with Gasteiger partial charge in [0, 0.05) is 86.2 Å². The number of hydrogen-bond acceptors (Lipinski definition) is 7. The molecular formula is C37H39Cl2N7. The van der Waals surface area contributed by atoms with E-state index in [0.29, 0.717) is 10.0 Å². The zero-order valence-electron chi connectivity index (χ0n) is 26.1. The maximum absolute atomic E-state index is 6.45. The lowest BCUT2D eigenvalue weighted by molar-refractivity contribution is 0.249. The molecule has 1 unspecified atom stereocenters. The Kier molecular flexibility index (Phi) is 9.26. The number of pyridine rings is 2. The first-order valence-corrected chi connectivity index (χ1v) is 16.8. The van der Waals surface area contributed by atoms with Crippen LogP contribution in [0.15, 0.2) is 97.2 Å². The number of anilines is 3. The lowest BCUT2D eigenvalue weighted by atomic mass is 9.97. The van der Waals surface area contributed by atoms with Crippen LogP contribution in [0.4, 0.5) is 17.3 Å². The normalized spacial score (nSPS) is 16.9. The summed E-state index contributed by atoms with van der Waals surface area (Å²) in [6.45, 7) is 9.13. The van der Waals surface area contributed by atoms with Crippen molar-refractivity contribution < 1.29 is 0 Å². The molecule has 0 bridgehead atoms. The fraction of sp³-hybridized carbons (Fsp3) is 0.297. The molecule has 0 spiro atoms. The minimum absolute atomic E-state index is 0.0910. The lowest BCUT2D eigenvalue weighted by Crippen LogP contribution is -2.47. The van der Waals surface area contributed by atoms with Crippen LogP contribution in [-0.4, -0.2) is 79.2 Å². The summed E-state index contributed by atoms with van der Waals surface area (Å²) in [7, 11) is 2.19. The molecule has 7 rings (SSSR count). The number of piperazine rings is 2. The molecule has 2 aliphatic rings. The van der Waals surface area contributed by atoms with Crippen molar-refractivity contribution in [3.63, 3.8) is 0 Å². The van der Waals surface area contributed by atoms with E-state index in [1.807, 2.05) is 48.7 Å². The third-order valence-corrected chi connectivity index (χ3v) is 9.62. The van der Waals surface area contributed by atoms with Gasteiger partial charge < -0.3 is 20.0 Å². The van der Waals surface area contributed by atoms with Crippen molar-refractivity contribution in [2.24, 2.45) is 0 Å². The molecule has 4 heterocycles. The minimum Gasteiger partial charge on any atom is -0.374 e. The highest BCUT2D eigenvalue weighted by Gasteiger charge is 2.21. The molecule has 0 radical (unpaired) electrons. The van der Waals surface area contributed by atoms with E-state index < -0.39 is 0 Å². The monoisotopic (exact) mass is 651 g/mol. The third kappa shape index (κ3) is 7.08. The summed E-state index contributed by atoms with van der Waals surface area (Å²) in [4.78, 5) is 19.3. The maximum atomic E-state index is 6.45. The maximum Gasteiger partial charge on any atom is 0.131 e. The largest absolute Gasteiger partial charge is 0.374 e. The smallest absolute Gasteiger partial charge is 0.131 e. The van der Waals surface area contributed by atoms with Crippen molar-refractivity contribution >= 4 is 51.4 Å². The summed E-state index contributed by atoms with van der Waals surface area (Å²) < 4.78 is 0. The van der Waals surface area contributed by atoms with Crippen molar-refractivity contribution in [2.75, 3.05) is 74.5 Å². The molecule has 2 aromatic heterocycles. The number of aromatic nitrogens is 2. The highest BCUT2D eigenvalue weighted by atomic mass is 35.5. The van der Waals surface area contributed by atoms with Gasteiger partial charge in [0.15, 0.2) is 0 Å². The Morgan fingerprint density at radius 2 is 1.37 bits per heavy atom. The Balaban J connectivity index is 1.02. The van der Waals surface area contributed by atoms with Gasteiger partial charge in [-0.15, -0.1) is 0 Å². The number of nitrogens with zero attached hydrogens (tertiary/aromatic N) is 6. The van der Waals surface area contributed by atoms with Crippen LogP contribution in [0.3, 0.4) is 0 Å². The Morgan fingerprint density at radius 1 is 0.696 bits per heavy atom. The number of fused-ring (bicyclic) bond motifs is 1. The van der Waals surface area contributed by atoms with Gasteiger partial charge in [-0.2, -0.15) is 0 Å². The molecule has 46 heavy (non-hydrogen) atoms. The topological polar surface area (TPSA) is 50.8 Å². The number of hydrogen-bond donors (Lipinski definition) is 1. The quantitative estimate of drug-likeness (QED) is 0.190. The molecule has 9 heteroatoms. The summed E-state index contributed by atoms with van der Waals surface area (Å²) in [5, 5.41) is 6.19. The van der Waals surface area contributed by atoms with Crippen LogP contribution in [0.2, 0.25) is 10.0 Å². The van der Waals surface area contributed by atoms with Crippen molar-refractivity contribution in [3.05, 3.63) is 124 Å². The summed E-state index contributed by atoms with van der Waals surface area (Å²) in [5.74, 6) is 2.19. The minimum atomic E-state index is -0.0910. The van der Waals surface area contributed by atoms with E-state index in [1.54, 1.807) is 0 Å². The third-order valence-electron chi connectivity index (χ3n) is 9.15. The summed E-state index contributed by atoms with van der Waals surface area (Å²) in [6.07, 6.45) is 1.82. The summed E-state index contributed by atoms with van der Waals surface area (Å²) in [5.41, 5.74) is 5.43. The highest BCUT2D eigenvalue weighted by Crippen LogP contribution is 2.32. The van der Waals surface area contributed by atoms with Crippen LogP contribution in [0, 0.1) is 0 Å². The Hall–Kier alpha value is -3.88. The lowest BCUT2D eigenvalue weighted by Gasteiger charge is -2.37. The van der Waals surface area contributed by atoms with Crippen LogP contribution < -0.4 is 15.1 Å². The molecule has 2 fully saturated rings. The first-order valence-electron chi connectivity index (χ1n) is 16.0. The van der Waals surface area contributed by atoms with Gasteiger partial charge in [0.1, 0.15) is 11.6 Å². The Morgan fingerprint density at radius 3 is 2.09 bits per heavy atom. The van der Waals surface area contributed by atoms with Gasteiger partial charge in [0.25, 0.3) is 0 Å². The van der Waals surface area contributed by atoms with E-state index in [4.69, 9.17) is 28.2 Å². The number of benzene rings is 3. The van der Waals surface area contributed by atoms with E-state index >= 15 is 0 Å². The van der Waals surface area contributed by atoms with Gasteiger partial charge in [0.2, 0.25) is 0 Å². The molecule has 7 nitrogen and oxygen atoms in total. The Bertz CT molecular complexity index is 1780. The van der Waals surface area contributed by atoms with Crippen molar-refractivity contribution in [1.29, 1.82) is 0 Å². The van der Waals surface area contributed by atoms with Gasteiger partial charge in [-0.3, -0.25) is 9.88 Å². The molecule has 2 aliphatic heterocycles. The summed E-state index contributed by atoms with van der Waals surface area (Å²) in [6, 6.07) is 31.2. The van der Waals surface area contributed by atoms with Gasteiger partial charge >= 0.3 is 0 Å². The molecule has 3 aromatic carbocycles. The van der Waals surface area contributed by atoms with E-state index in [2.05, 4.69) is 85.5 Å². The predicted molar refractivity (Wildman–Crippen MR) is 192 cm³/mol. The molecule has 2 saturated heterocycles. The second kappa shape index (κ2) is 13.9. The Labute approximate surface area is 281 Å². The second-order valence-corrected chi connectivity index (χ2v) is 13.2. The first kappa shape index (κ1) is 30.8. The number of likely N-dealkylation sites (N-methyl/N-ethyl adjacent to an activating group) is 1. The van der Waals surface area contributed by atoms with Crippen LogP contribution in [-0.2, 0) is 6.54 Å². The van der Waals surface area contributed by atoms with Gasteiger partial charge in [0.05, 0.1) is 11.6 Å². The van der Waals surface area contributed by atoms with Crippen molar-refractivity contribution in [3.8, 4) is 0 Å². The molecule has 236 valence electrons. The molecular weight excluding hydrogens is 613 g/mol. The molecule has 0 aliphatic carbocycles. The molecule has 0 saturated carbocycles. The number of rotatable bonds is 8. The van der Waals surface area contributed by atoms with Crippen molar-refractivity contribution in [2.45, 2.75) is 12.6 Å². The zero-order chi connectivity index (χ0) is 31.5. The van der Waals surface area contributed by atoms with Crippen LogP contribution >= 0.6 is 23.2 Å². The van der Waals surface area contributed by atoms with E-state index in [-0.39, 0.29) is 6.04 Å². The predicted octanol–water partition coefficient (Wildman–Crippen LogP) is 7.21. The van der Waals surface area contributed by atoms with Gasteiger partial charge in [-0.1, -0.05) is 65.7 Å². The highest BCUT2D eigenvalue weighted by molar-refractivity contribution is 6.31. The average Bonchev–Trinajstić information content (AvgIpc) is 3.08. The molecule has 0 amide bonds. The average molecular weight is 653 g/mol. The fourth-order valence-electron chi connectivity index (χ4n) is 6.46. The first-order chi connectivity index (χ1) is 22.5.